The van der Waals surface area contributed by atoms with Crippen molar-refractivity contribution in [2.45, 2.75) is 26.8 Å². The Morgan fingerprint density at radius 2 is 1.85 bits per heavy atom. The van der Waals surface area contributed by atoms with E-state index in [2.05, 4.69) is 15.2 Å². The Balaban J connectivity index is 1.75. The van der Waals surface area contributed by atoms with Crippen molar-refractivity contribution < 1.29 is 9.59 Å². The number of aryl methyl sites for hydroxylation is 1. The third kappa shape index (κ3) is 3.04. The van der Waals surface area contributed by atoms with Crippen LogP contribution in [0.4, 0.5) is 5.69 Å². The van der Waals surface area contributed by atoms with Crippen LogP contribution in [0, 0.1) is 13.8 Å². The molecule has 5 heteroatoms. The Bertz CT molecular complexity index is 1050. The summed E-state index contributed by atoms with van der Waals surface area (Å²) in [5.41, 5.74) is 5.24. The maximum atomic E-state index is 13.2. The maximum Gasteiger partial charge on any atom is 0.296 e. The summed E-state index contributed by atoms with van der Waals surface area (Å²) in [6, 6.07) is 13.5. The summed E-state index contributed by atoms with van der Waals surface area (Å²) in [6.07, 6.45) is 0.729. The van der Waals surface area contributed by atoms with Gasteiger partial charge in [-0.05, 0) is 37.1 Å². The van der Waals surface area contributed by atoms with Crippen LogP contribution >= 0.6 is 0 Å². The largest absolute Gasteiger partial charge is 0.343 e. The van der Waals surface area contributed by atoms with Crippen LogP contribution in [-0.4, -0.2) is 29.3 Å². The van der Waals surface area contributed by atoms with E-state index >= 15 is 0 Å². The topological polar surface area (TPSA) is 63.1 Å². The highest BCUT2D eigenvalue weighted by atomic mass is 16.2. The van der Waals surface area contributed by atoms with Crippen molar-refractivity contribution in [3.8, 4) is 0 Å². The second-order valence-corrected chi connectivity index (χ2v) is 7.02. The number of nitrogens with one attached hydrogen (secondary N) is 2. The number of nitrogens with zero attached hydrogens (tertiary/aromatic N) is 1. The minimum Gasteiger partial charge on any atom is -0.343 e. The van der Waals surface area contributed by atoms with Gasteiger partial charge in [-0.3, -0.25) is 9.59 Å². The summed E-state index contributed by atoms with van der Waals surface area (Å²) in [5.74, 6) is -1.05. The lowest BCUT2D eigenvalue weighted by Gasteiger charge is -2.10. The second kappa shape index (κ2) is 7.00. The summed E-state index contributed by atoms with van der Waals surface area (Å²) >= 11 is 0. The van der Waals surface area contributed by atoms with Gasteiger partial charge in [0.05, 0.1) is 5.56 Å². The number of fused-ring (bicyclic) bond motifs is 3. The van der Waals surface area contributed by atoms with Crippen LogP contribution in [0.15, 0.2) is 42.5 Å². The smallest absolute Gasteiger partial charge is 0.296 e. The predicted molar refractivity (Wildman–Crippen MR) is 107 cm³/mol. The Kier molecular flexibility index (Phi) is 4.54. The van der Waals surface area contributed by atoms with Gasteiger partial charge in [-0.2, -0.15) is 0 Å². The van der Waals surface area contributed by atoms with Crippen molar-refractivity contribution >= 4 is 28.3 Å². The van der Waals surface area contributed by atoms with Gasteiger partial charge < -0.3 is 15.2 Å². The van der Waals surface area contributed by atoms with Crippen molar-refractivity contribution in [2.75, 3.05) is 18.4 Å². The summed E-state index contributed by atoms with van der Waals surface area (Å²) < 4.78 is 2.17. The first-order chi connectivity index (χ1) is 13.1. The molecule has 0 bridgehead atoms. The fourth-order valence-corrected chi connectivity index (χ4v) is 3.83. The van der Waals surface area contributed by atoms with E-state index in [-0.39, 0.29) is 0 Å². The van der Waals surface area contributed by atoms with Gasteiger partial charge in [0.1, 0.15) is 0 Å². The minimum atomic E-state index is -0.583. The number of rotatable bonds is 3. The SMILES string of the molecule is Cc1cccc(NC(=O)C(=O)c2c3n(c4ccccc24)CCNCC3)c1C. The van der Waals surface area contributed by atoms with E-state index in [4.69, 9.17) is 0 Å². The Labute approximate surface area is 158 Å². The molecule has 0 aliphatic carbocycles. The fraction of sp³-hybridized carbons (Fsp3) is 0.273. The monoisotopic (exact) mass is 361 g/mol. The average molecular weight is 361 g/mol. The summed E-state index contributed by atoms with van der Waals surface area (Å²) in [6.45, 7) is 6.38. The molecule has 1 aromatic heterocycles. The Morgan fingerprint density at radius 1 is 1.04 bits per heavy atom. The molecule has 0 spiro atoms. The van der Waals surface area contributed by atoms with E-state index < -0.39 is 11.7 Å². The van der Waals surface area contributed by atoms with Crippen molar-refractivity contribution in [3.05, 3.63) is 64.8 Å². The number of carbonyl (C=O) groups excluding carboxylic acids is 2. The van der Waals surface area contributed by atoms with Crippen LogP contribution in [0.25, 0.3) is 10.9 Å². The molecule has 0 fully saturated rings. The molecular weight excluding hydrogens is 338 g/mol. The van der Waals surface area contributed by atoms with Crippen molar-refractivity contribution in [3.63, 3.8) is 0 Å². The van der Waals surface area contributed by atoms with E-state index in [9.17, 15) is 9.59 Å². The number of amides is 1. The molecule has 1 aliphatic rings. The summed E-state index contributed by atoms with van der Waals surface area (Å²) in [5, 5.41) is 7.03. The molecule has 4 rings (SSSR count). The zero-order valence-electron chi connectivity index (χ0n) is 15.6. The van der Waals surface area contributed by atoms with E-state index in [1.165, 1.54) is 0 Å². The third-order valence-corrected chi connectivity index (χ3v) is 5.42. The van der Waals surface area contributed by atoms with Crippen LogP contribution in [0.1, 0.15) is 27.2 Å². The molecular formula is C22H23N3O2. The highest BCUT2D eigenvalue weighted by Gasteiger charge is 2.27. The van der Waals surface area contributed by atoms with Gasteiger partial charge in [-0.15, -0.1) is 0 Å². The number of carbonyl (C=O) groups is 2. The van der Waals surface area contributed by atoms with Gasteiger partial charge in [0.2, 0.25) is 0 Å². The van der Waals surface area contributed by atoms with Gasteiger partial charge in [0.25, 0.3) is 11.7 Å². The van der Waals surface area contributed by atoms with Crippen LogP contribution in [0.2, 0.25) is 0 Å². The number of hydrogen-bond acceptors (Lipinski definition) is 3. The van der Waals surface area contributed by atoms with Crippen LogP contribution in [-0.2, 0) is 17.8 Å². The van der Waals surface area contributed by atoms with Crippen LogP contribution in [0.3, 0.4) is 0 Å². The second-order valence-electron chi connectivity index (χ2n) is 7.02. The first-order valence-electron chi connectivity index (χ1n) is 9.30. The standard InChI is InChI=1S/C22H23N3O2/c1-14-6-5-8-17(15(14)2)24-22(27)21(26)20-16-7-3-4-9-18(16)25-13-12-23-11-10-19(20)25/h3-9,23H,10-13H2,1-2H3,(H,24,27). The normalized spacial score (nSPS) is 13.9. The van der Waals surface area contributed by atoms with E-state index in [1.54, 1.807) is 0 Å². The van der Waals surface area contributed by atoms with Gasteiger partial charge in [0.15, 0.2) is 0 Å². The molecule has 2 N–H and O–H groups in total. The molecule has 3 aromatic rings. The van der Waals surface area contributed by atoms with E-state index in [0.717, 1.165) is 53.8 Å². The van der Waals surface area contributed by atoms with E-state index in [0.29, 0.717) is 11.3 Å². The van der Waals surface area contributed by atoms with E-state index in [1.807, 2.05) is 56.3 Å². The zero-order valence-corrected chi connectivity index (χ0v) is 15.6. The van der Waals surface area contributed by atoms with Gasteiger partial charge in [-0.25, -0.2) is 0 Å². The molecule has 5 nitrogen and oxygen atoms in total. The molecule has 1 aliphatic heterocycles. The molecule has 0 radical (unpaired) electrons. The number of para-hydroxylation sites is 1. The van der Waals surface area contributed by atoms with Crippen molar-refractivity contribution in [1.82, 2.24) is 9.88 Å². The lowest BCUT2D eigenvalue weighted by molar-refractivity contribution is -0.112. The van der Waals surface area contributed by atoms with Gasteiger partial charge in [-0.1, -0.05) is 30.3 Å². The average Bonchev–Trinajstić information content (AvgIpc) is 2.81. The quantitative estimate of drug-likeness (QED) is 0.556. The number of hydrogen-bond donors (Lipinski definition) is 2. The molecule has 2 heterocycles. The predicted octanol–water partition coefficient (Wildman–Crippen LogP) is 3.23. The van der Waals surface area contributed by atoms with Crippen molar-refractivity contribution in [2.24, 2.45) is 0 Å². The van der Waals surface area contributed by atoms with Crippen LogP contribution in [0.5, 0.6) is 0 Å². The molecule has 0 saturated heterocycles. The number of ketones is 1. The lowest BCUT2D eigenvalue weighted by atomic mass is 10.0. The molecule has 0 atom stereocenters. The first kappa shape index (κ1) is 17.5. The summed E-state index contributed by atoms with van der Waals surface area (Å²) in [7, 11) is 0. The molecule has 2 aromatic carbocycles. The molecule has 1 amide bonds. The minimum absolute atomic E-state index is 0.470. The maximum absolute atomic E-state index is 13.2. The highest BCUT2D eigenvalue weighted by Crippen LogP contribution is 2.28. The Hall–Kier alpha value is -2.92. The van der Waals surface area contributed by atoms with Gasteiger partial charge >= 0.3 is 0 Å². The fourth-order valence-electron chi connectivity index (χ4n) is 3.83. The van der Waals surface area contributed by atoms with Crippen molar-refractivity contribution in [1.29, 1.82) is 0 Å². The van der Waals surface area contributed by atoms with Gasteiger partial charge in [0, 0.05) is 48.3 Å². The molecule has 27 heavy (non-hydrogen) atoms. The highest BCUT2D eigenvalue weighted by molar-refractivity contribution is 6.48. The molecule has 0 saturated carbocycles. The molecule has 0 unspecified atom stereocenters. The number of aromatic nitrogens is 1. The third-order valence-electron chi connectivity index (χ3n) is 5.42. The number of Topliss-reactive ketones (excluding diaryl/α,β-unsaturated/α-hetero) is 1. The number of benzene rings is 2. The molecule has 138 valence electrons. The Morgan fingerprint density at radius 3 is 2.70 bits per heavy atom. The zero-order chi connectivity index (χ0) is 19.0. The first-order valence-corrected chi connectivity index (χ1v) is 9.30. The number of anilines is 1. The van der Waals surface area contributed by atoms with Crippen LogP contribution < -0.4 is 10.6 Å². The summed E-state index contributed by atoms with van der Waals surface area (Å²) in [4.78, 5) is 26.0. The lowest BCUT2D eigenvalue weighted by Crippen LogP contribution is -2.24.